The van der Waals surface area contributed by atoms with E-state index in [0.29, 0.717) is 5.92 Å². The van der Waals surface area contributed by atoms with Crippen LogP contribution in [0.1, 0.15) is 26.0 Å². The number of furan rings is 1. The molecule has 0 radical (unpaired) electrons. The van der Waals surface area contributed by atoms with E-state index < -0.39 is 0 Å². The number of nitrogens with two attached hydrogens (primary N) is 1. The molecule has 0 aliphatic carbocycles. The highest BCUT2D eigenvalue weighted by Gasteiger charge is 2.20. The Kier molecular flexibility index (Phi) is 5.38. The maximum Gasteiger partial charge on any atom is 0.114 e. The Balaban J connectivity index is 2.58. The van der Waals surface area contributed by atoms with Gasteiger partial charge in [0.25, 0.3) is 0 Å². The van der Waals surface area contributed by atoms with Crippen molar-refractivity contribution in [1.82, 2.24) is 0 Å². The zero-order valence-corrected chi connectivity index (χ0v) is 11.0. The lowest BCUT2D eigenvalue weighted by atomic mass is 10.0. The van der Waals surface area contributed by atoms with Gasteiger partial charge in [-0.2, -0.15) is 0 Å². The van der Waals surface area contributed by atoms with E-state index in [4.69, 9.17) is 10.2 Å². The Bertz CT molecular complexity index is 312. The molecule has 0 aromatic carbocycles. The topological polar surface area (TPSA) is 59.4 Å². The summed E-state index contributed by atoms with van der Waals surface area (Å²) in [5.41, 5.74) is 6.08. The summed E-state index contributed by atoms with van der Waals surface area (Å²) in [5.74, 6) is 1.44. The van der Waals surface area contributed by atoms with Crippen molar-refractivity contribution >= 4 is 11.8 Å². The standard InChI is InChI=1S/C12H21NO2S/c1-8(2)6-10(13)12(7-14)16-11-4-5-15-9(11)3/h4-5,8,10,12,14H,6-7,13H2,1-3H3. The van der Waals surface area contributed by atoms with Crippen molar-refractivity contribution < 1.29 is 9.52 Å². The maximum atomic E-state index is 9.37. The van der Waals surface area contributed by atoms with Gasteiger partial charge < -0.3 is 15.3 Å². The lowest BCUT2D eigenvalue weighted by Crippen LogP contribution is -2.36. The summed E-state index contributed by atoms with van der Waals surface area (Å²) in [6.07, 6.45) is 2.59. The van der Waals surface area contributed by atoms with Gasteiger partial charge in [0.15, 0.2) is 0 Å². The van der Waals surface area contributed by atoms with Crippen molar-refractivity contribution in [3.05, 3.63) is 18.1 Å². The van der Waals surface area contributed by atoms with E-state index in [9.17, 15) is 5.11 Å². The van der Waals surface area contributed by atoms with Gasteiger partial charge in [0.1, 0.15) is 5.76 Å². The average molecular weight is 243 g/mol. The number of rotatable bonds is 6. The van der Waals surface area contributed by atoms with Gasteiger partial charge in [-0.25, -0.2) is 0 Å². The molecule has 0 saturated carbocycles. The van der Waals surface area contributed by atoms with Crippen LogP contribution in [0, 0.1) is 12.8 Å². The molecule has 1 heterocycles. The number of thioether (sulfide) groups is 1. The first-order valence-corrected chi connectivity index (χ1v) is 6.49. The van der Waals surface area contributed by atoms with E-state index in [1.54, 1.807) is 18.0 Å². The quantitative estimate of drug-likeness (QED) is 0.753. The molecule has 0 aliphatic heterocycles. The first-order valence-electron chi connectivity index (χ1n) is 5.61. The van der Waals surface area contributed by atoms with Gasteiger partial charge in [-0.05, 0) is 25.3 Å². The molecule has 0 amide bonds. The van der Waals surface area contributed by atoms with Gasteiger partial charge in [0.2, 0.25) is 0 Å². The van der Waals surface area contributed by atoms with Crippen LogP contribution >= 0.6 is 11.8 Å². The fourth-order valence-electron chi connectivity index (χ4n) is 1.61. The minimum Gasteiger partial charge on any atom is -0.468 e. The molecule has 2 atom stereocenters. The second-order valence-corrected chi connectivity index (χ2v) is 5.75. The Labute approximate surface area is 101 Å². The Morgan fingerprint density at radius 3 is 2.62 bits per heavy atom. The first kappa shape index (κ1) is 13.6. The van der Waals surface area contributed by atoms with Crippen LogP contribution in [-0.4, -0.2) is 23.0 Å². The van der Waals surface area contributed by atoms with Crippen molar-refractivity contribution in [2.24, 2.45) is 11.7 Å². The van der Waals surface area contributed by atoms with Crippen LogP contribution in [0.3, 0.4) is 0 Å². The third kappa shape index (κ3) is 3.85. The highest BCUT2D eigenvalue weighted by molar-refractivity contribution is 8.00. The Morgan fingerprint density at radius 1 is 1.50 bits per heavy atom. The van der Waals surface area contributed by atoms with E-state index in [0.717, 1.165) is 17.1 Å². The summed E-state index contributed by atoms with van der Waals surface area (Å²) in [4.78, 5) is 1.07. The molecule has 0 aliphatic rings. The van der Waals surface area contributed by atoms with Crippen molar-refractivity contribution in [2.75, 3.05) is 6.61 Å². The molecule has 0 saturated heterocycles. The molecular formula is C12H21NO2S. The largest absolute Gasteiger partial charge is 0.468 e. The summed E-state index contributed by atoms with van der Waals surface area (Å²) < 4.78 is 5.23. The zero-order valence-electron chi connectivity index (χ0n) is 10.1. The van der Waals surface area contributed by atoms with E-state index in [-0.39, 0.29) is 17.9 Å². The SMILES string of the molecule is Cc1occc1SC(CO)C(N)CC(C)C. The summed E-state index contributed by atoms with van der Waals surface area (Å²) in [6.45, 7) is 6.30. The fourth-order valence-corrected chi connectivity index (χ4v) is 2.65. The molecule has 92 valence electrons. The number of aliphatic hydroxyl groups is 1. The summed E-state index contributed by atoms with van der Waals surface area (Å²) in [5, 5.41) is 9.41. The van der Waals surface area contributed by atoms with Crippen LogP contribution in [-0.2, 0) is 0 Å². The molecule has 0 fully saturated rings. The number of aryl methyl sites for hydroxylation is 1. The molecule has 16 heavy (non-hydrogen) atoms. The smallest absolute Gasteiger partial charge is 0.114 e. The fraction of sp³-hybridized carbons (Fsp3) is 0.667. The van der Waals surface area contributed by atoms with Crippen LogP contribution in [0.4, 0.5) is 0 Å². The van der Waals surface area contributed by atoms with Crippen LogP contribution in [0.2, 0.25) is 0 Å². The third-order valence-corrected chi connectivity index (χ3v) is 3.97. The van der Waals surface area contributed by atoms with Gasteiger partial charge in [-0.3, -0.25) is 0 Å². The van der Waals surface area contributed by atoms with Gasteiger partial charge in [-0.15, -0.1) is 11.8 Å². The second kappa shape index (κ2) is 6.33. The lowest BCUT2D eigenvalue weighted by molar-refractivity contribution is 0.275. The second-order valence-electron chi connectivity index (χ2n) is 4.47. The highest BCUT2D eigenvalue weighted by Crippen LogP contribution is 2.29. The summed E-state index contributed by atoms with van der Waals surface area (Å²) in [6, 6.07) is 1.94. The molecule has 3 nitrogen and oxygen atoms in total. The Hall–Kier alpha value is -0.450. The molecule has 1 aromatic heterocycles. The van der Waals surface area contributed by atoms with Crippen LogP contribution < -0.4 is 5.73 Å². The molecule has 0 spiro atoms. The molecule has 2 unspecified atom stereocenters. The zero-order chi connectivity index (χ0) is 12.1. The molecule has 1 aromatic rings. The number of aliphatic hydroxyl groups excluding tert-OH is 1. The van der Waals surface area contributed by atoms with Gasteiger partial charge >= 0.3 is 0 Å². The monoisotopic (exact) mass is 243 g/mol. The molecule has 0 bridgehead atoms. The van der Waals surface area contributed by atoms with Gasteiger partial charge in [-0.1, -0.05) is 13.8 Å². The highest BCUT2D eigenvalue weighted by atomic mass is 32.2. The van der Waals surface area contributed by atoms with E-state index in [2.05, 4.69) is 13.8 Å². The molecular weight excluding hydrogens is 222 g/mol. The predicted molar refractivity (Wildman–Crippen MR) is 67.6 cm³/mol. The molecule has 4 heteroatoms. The minimum atomic E-state index is 0.0179. The Morgan fingerprint density at radius 2 is 2.19 bits per heavy atom. The maximum absolute atomic E-state index is 9.37. The van der Waals surface area contributed by atoms with Gasteiger partial charge in [0.05, 0.1) is 12.9 Å². The summed E-state index contributed by atoms with van der Waals surface area (Å²) in [7, 11) is 0. The van der Waals surface area contributed by atoms with Crippen molar-refractivity contribution in [1.29, 1.82) is 0 Å². The van der Waals surface area contributed by atoms with Crippen LogP contribution in [0.25, 0.3) is 0 Å². The molecule has 3 N–H and O–H groups in total. The van der Waals surface area contributed by atoms with Crippen molar-refractivity contribution in [3.8, 4) is 0 Å². The minimum absolute atomic E-state index is 0.0179. The van der Waals surface area contributed by atoms with E-state index >= 15 is 0 Å². The van der Waals surface area contributed by atoms with Crippen LogP contribution in [0.15, 0.2) is 21.6 Å². The lowest BCUT2D eigenvalue weighted by Gasteiger charge is -2.22. The van der Waals surface area contributed by atoms with Crippen molar-refractivity contribution in [2.45, 2.75) is 43.4 Å². The average Bonchev–Trinajstić information content (AvgIpc) is 2.59. The number of hydrogen-bond donors (Lipinski definition) is 2. The number of hydrogen-bond acceptors (Lipinski definition) is 4. The third-order valence-electron chi connectivity index (χ3n) is 2.49. The van der Waals surface area contributed by atoms with E-state index in [1.807, 2.05) is 13.0 Å². The molecule has 1 rings (SSSR count). The van der Waals surface area contributed by atoms with Crippen LogP contribution in [0.5, 0.6) is 0 Å². The predicted octanol–water partition coefficient (Wildman–Crippen LogP) is 2.41. The van der Waals surface area contributed by atoms with E-state index in [1.165, 1.54) is 0 Å². The first-order chi connectivity index (χ1) is 7.54. The normalized spacial score (nSPS) is 15.4. The van der Waals surface area contributed by atoms with Crippen molar-refractivity contribution in [3.63, 3.8) is 0 Å². The summed E-state index contributed by atoms with van der Waals surface area (Å²) >= 11 is 1.60. The van der Waals surface area contributed by atoms with Gasteiger partial charge in [0, 0.05) is 16.2 Å².